The van der Waals surface area contributed by atoms with Gasteiger partial charge in [-0.2, -0.15) is 0 Å². The molecule has 1 N–H and O–H groups in total. The van der Waals surface area contributed by atoms with E-state index in [1.807, 2.05) is 0 Å². The van der Waals surface area contributed by atoms with Gasteiger partial charge in [-0.25, -0.2) is 12.8 Å². The number of amides is 1. The van der Waals surface area contributed by atoms with E-state index in [2.05, 4.69) is 15.5 Å². The fraction of sp³-hybridized carbons (Fsp3) is 0.389. The molecule has 1 aromatic heterocycles. The van der Waals surface area contributed by atoms with Crippen molar-refractivity contribution in [1.82, 2.24) is 15.1 Å². The van der Waals surface area contributed by atoms with E-state index in [-0.39, 0.29) is 35.0 Å². The lowest BCUT2D eigenvalue weighted by molar-refractivity contribution is 0.0740. The average molecular weight is 392 g/mol. The van der Waals surface area contributed by atoms with Gasteiger partial charge in [0.25, 0.3) is 5.91 Å². The lowest BCUT2D eigenvalue weighted by atomic mass is 10.1. The van der Waals surface area contributed by atoms with Gasteiger partial charge in [0, 0.05) is 19.6 Å². The summed E-state index contributed by atoms with van der Waals surface area (Å²) in [5.41, 5.74) is 1.17. The third-order valence-corrected chi connectivity index (χ3v) is 6.34. The summed E-state index contributed by atoms with van der Waals surface area (Å²) in [5.74, 6) is 0.0176. The first kappa shape index (κ1) is 19.2. The van der Waals surface area contributed by atoms with Gasteiger partial charge in [-0.1, -0.05) is 12.1 Å². The minimum Gasteiger partial charge on any atom is -0.368 e. The molecule has 1 fully saturated rings. The monoisotopic (exact) mass is 392 g/mol. The smallest absolute Gasteiger partial charge is 0.274 e. The summed E-state index contributed by atoms with van der Waals surface area (Å²) in [5, 5.41) is 11.0. The molecule has 0 bridgehead atoms. The number of hydrogen-bond donors (Lipinski definition) is 1. The van der Waals surface area contributed by atoms with E-state index in [4.69, 9.17) is 0 Å². The van der Waals surface area contributed by atoms with Crippen LogP contribution in [0, 0.1) is 5.82 Å². The van der Waals surface area contributed by atoms with E-state index >= 15 is 0 Å². The van der Waals surface area contributed by atoms with Crippen molar-refractivity contribution in [3.63, 3.8) is 0 Å². The van der Waals surface area contributed by atoms with E-state index < -0.39 is 9.84 Å². The van der Waals surface area contributed by atoms with Crippen LogP contribution < -0.4 is 5.32 Å². The van der Waals surface area contributed by atoms with Crippen LogP contribution in [0.2, 0.25) is 0 Å². The zero-order chi connectivity index (χ0) is 19.4. The number of aromatic nitrogens is 2. The van der Waals surface area contributed by atoms with Gasteiger partial charge < -0.3 is 10.2 Å². The maximum atomic E-state index is 12.9. The second kappa shape index (κ2) is 7.99. The molecule has 0 radical (unpaired) electrons. The van der Waals surface area contributed by atoms with Gasteiger partial charge >= 0.3 is 0 Å². The van der Waals surface area contributed by atoms with Crippen molar-refractivity contribution in [2.75, 3.05) is 30.4 Å². The molecule has 1 aliphatic heterocycles. The largest absolute Gasteiger partial charge is 0.368 e. The molecule has 144 valence electrons. The van der Waals surface area contributed by atoms with E-state index in [1.54, 1.807) is 31.3 Å². The standard InChI is InChI=1S/C18H21FN4O3S/c1-23(15-9-11-27(25,26)12-15)18(24)16-6-7-17(22-21-16)20-10-8-13-2-4-14(19)5-3-13/h2-7,15H,8-12H2,1H3,(H,20,22). The summed E-state index contributed by atoms with van der Waals surface area (Å²) < 4.78 is 36.0. The number of carbonyl (C=O) groups is 1. The van der Waals surface area contributed by atoms with Crippen LogP contribution in [0.4, 0.5) is 10.2 Å². The van der Waals surface area contributed by atoms with Crippen LogP contribution in [0.15, 0.2) is 36.4 Å². The summed E-state index contributed by atoms with van der Waals surface area (Å²) in [7, 11) is -1.47. The van der Waals surface area contributed by atoms with Crippen LogP contribution in [0.5, 0.6) is 0 Å². The normalized spacial score (nSPS) is 18.2. The second-order valence-corrected chi connectivity index (χ2v) is 8.81. The highest BCUT2D eigenvalue weighted by molar-refractivity contribution is 7.91. The molecule has 1 atom stereocenters. The van der Waals surface area contributed by atoms with Gasteiger partial charge in [0.2, 0.25) is 0 Å². The maximum Gasteiger partial charge on any atom is 0.274 e. The molecule has 2 aromatic rings. The molecule has 3 rings (SSSR count). The number of benzene rings is 1. The zero-order valence-corrected chi connectivity index (χ0v) is 15.7. The number of hydrogen-bond acceptors (Lipinski definition) is 6. The summed E-state index contributed by atoms with van der Waals surface area (Å²) in [6, 6.07) is 9.19. The molecule has 0 saturated carbocycles. The van der Waals surface area contributed by atoms with Crippen molar-refractivity contribution in [2.24, 2.45) is 0 Å². The maximum absolute atomic E-state index is 12.9. The van der Waals surface area contributed by atoms with Crippen LogP contribution in [-0.4, -0.2) is 60.6 Å². The first-order valence-corrected chi connectivity index (χ1v) is 10.5. The molecule has 0 aliphatic carbocycles. The average Bonchev–Trinajstić information content (AvgIpc) is 3.02. The number of rotatable bonds is 6. The van der Waals surface area contributed by atoms with Crippen LogP contribution in [0.1, 0.15) is 22.5 Å². The van der Waals surface area contributed by atoms with Crippen molar-refractivity contribution in [1.29, 1.82) is 0 Å². The highest BCUT2D eigenvalue weighted by Gasteiger charge is 2.33. The predicted molar refractivity (Wildman–Crippen MR) is 99.8 cm³/mol. The van der Waals surface area contributed by atoms with Crippen LogP contribution in [0.25, 0.3) is 0 Å². The Balaban J connectivity index is 1.53. The number of carbonyl (C=O) groups excluding carboxylic acids is 1. The molecule has 1 unspecified atom stereocenters. The molecular weight excluding hydrogens is 371 g/mol. The molecule has 9 heteroatoms. The fourth-order valence-corrected chi connectivity index (χ4v) is 4.73. The molecule has 2 heterocycles. The Morgan fingerprint density at radius 2 is 1.96 bits per heavy atom. The number of nitrogens with zero attached hydrogens (tertiary/aromatic N) is 3. The van der Waals surface area contributed by atoms with Crippen molar-refractivity contribution < 1.29 is 17.6 Å². The summed E-state index contributed by atoms with van der Waals surface area (Å²) in [4.78, 5) is 13.9. The van der Waals surface area contributed by atoms with Gasteiger partial charge in [0.05, 0.1) is 11.5 Å². The highest BCUT2D eigenvalue weighted by atomic mass is 32.2. The lowest BCUT2D eigenvalue weighted by Crippen LogP contribution is -2.38. The molecule has 1 saturated heterocycles. The first-order valence-electron chi connectivity index (χ1n) is 8.64. The number of nitrogens with one attached hydrogen (secondary N) is 1. The van der Waals surface area contributed by atoms with E-state index in [0.29, 0.717) is 25.2 Å². The molecule has 27 heavy (non-hydrogen) atoms. The first-order chi connectivity index (χ1) is 12.8. The van der Waals surface area contributed by atoms with Gasteiger partial charge in [-0.3, -0.25) is 4.79 Å². The van der Waals surface area contributed by atoms with Crippen molar-refractivity contribution in [3.05, 3.63) is 53.5 Å². The summed E-state index contributed by atoms with van der Waals surface area (Å²) in [6.07, 6.45) is 1.14. The van der Waals surface area contributed by atoms with Crippen molar-refractivity contribution in [2.45, 2.75) is 18.9 Å². The second-order valence-electron chi connectivity index (χ2n) is 6.58. The Kier molecular flexibility index (Phi) is 5.69. The Hall–Kier alpha value is -2.55. The van der Waals surface area contributed by atoms with Gasteiger partial charge in [-0.15, -0.1) is 10.2 Å². The topological polar surface area (TPSA) is 92.3 Å². The van der Waals surface area contributed by atoms with Crippen molar-refractivity contribution >= 4 is 21.6 Å². The Morgan fingerprint density at radius 3 is 2.56 bits per heavy atom. The minimum absolute atomic E-state index is 0.00824. The lowest BCUT2D eigenvalue weighted by Gasteiger charge is -2.22. The van der Waals surface area contributed by atoms with Crippen LogP contribution >= 0.6 is 0 Å². The zero-order valence-electron chi connectivity index (χ0n) is 14.9. The molecule has 1 aliphatic rings. The fourth-order valence-electron chi connectivity index (χ4n) is 2.95. The molecular formula is C18H21FN4O3S. The van der Waals surface area contributed by atoms with E-state index in [0.717, 1.165) is 5.56 Å². The predicted octanol–water partition coefficient (Wildman–Crippen LogP) is 1.53. The number of sulfone groups is 1. The van der Waals surface area contributed by atoms with Crippen molar-refractivity contribution in [3.8, 4) is 0 Å². The van der Waals surface area contributed by atoms with Crippen LogP contribution in [0.3, 0.4) is 0 Å². The minimum atomic E-state index is -3.06. The van der Waals surface area contributed by atoms with Gasteiger partial charge in [0.15, 0.2) is 15.5 Å². The molecule has 0 spiro atoms. The summed E-state index contributed by atoms with van der Waals surface area (Å²) in [6.45, 7) is 0.591. The molecule has 1 amide bonds. The SMILES string of the molecule is CN(C(=O)c1ccc(NCCc2ccc(F)cc2)nn1)C1CCS(=O)(=O)C1. The highest BCUT2D eigenvalue weighted by Crippen LogP contribution is 2.18. The van der Waals surface area contributed by atoms with E-state index in [1.165, 1.54) is 17.0 Å². The Bertz CT molecular complexity index is 901. The van der Waals surface area contributed by atoms with Crippen LogP contribution in [-0.2, 0) is 16.3 Å². The molecule has 1 aromatic carbocycles. The summed E-state index contributed by atoms with van der Waals surface area (Å²) >= 11 is 0. The van der Waals surface area contributed by atoms with Gasteiger partial charge in [-0.05, 0) is 42.7 Å². The Labute approximate surface area is 157 Å². The number of anilines is 1. The molecule has 7 nitrogen and oxygen atoms in total. The third kappa shape index (κ3) is 5.00. The third-order valence-electron chi connectivity index (χ3n) is 4.59. The van der Waals surface area contributed by atoms with Gasteiger partial charge in [0.1, 0.15) is 11.6 Å². The quantitative estimate of drug-likeness (QED) is 0.802. The Morgan fingerprint density at radius 1 is 1.22 bits per heavy atom. The number of halogens is 1. The van der Waals surface area contributed by atoms with E-state index in [9.17, 15) is 17.6 Å².